The molecule has 0 atom stereocenters. The van der Waals surface area contributed by atoms with Gasteiger partial charge in [-0.1, -0.05) is 71.1 Å². The van der Waals surface area contributed by atoms with E-state index in [1.54, 1.807) is 0 Å². The maximum Gasteiger partial charge on any atom is 0.339 e. The molecule has 0 spiro atoms. The summed E-state index contributed by atoms with van der Waals surface area (Å²) < 4.78 is 6.14. The van der Waals surface area contributed by atoms with E-state index in [2.05, 4.69) is 28.7 Å². The molecule has 0 heterocycles. The second-order valence-electron chi connectivity index (χ2n) is 4.52. The third kappa shape index (κ3) is 2.38. The molecule has 0 unspecified atom stereocenters. The molecule has 0 fully saturated rings. The lowest BCUT2D eigenvalue weighted by atomic mass is 9.97. The molecule has 20 heavy (non-hydrogen) atoms. The van der Waals surface area contributed by atoms with E-state index < -0.39 is 0 Å². The Balaban J connectivity index is 2.30. The van der Waals surface area contributed by atoms with Gasteiger partial charge in [0, 0.05) is 4.43 Å². The summed E-state index contributed by atoms with van der Waals surface area (Å²) in [5.74, 6) is -0.241. The Kier molecular flexibility index (Phi) is 3.87. The van der Waals surface area contributed by atoms with Gasteiger partial charge in [-0.3, -0.25) is 0 Å². The van der Waals surface area contributed by atoms with E-state index in [4.69, 9.17) is 4.74 Å². The molecule has 0 saturated carbocycles. The van der Waals surface area contributed by atoms with Gasteiger partial charge in [0.25, 0.3) is 0 Å². The molecule has 3 aromatic carbocycles. The minimum absolute atomic E-state index is 0.241. The molecule has 2 nitrogen and oxygen atoms in total. The van der Waals surface area contributed by atoms with E-state index in [1.165, 1.54) is 0 Å². The summed E-state index contributed by atoms with van der Waals surface area (Å²) >= 11 is 2.20. The number of rotatable bonds is 3. The minimum atomic E-state index is -0.241. The molecule has 0 N–H and O–H groups in total. The fourth-order valence-corrected chi connectivity index (χ4v) is 2.66. The zero-order valence-electron chi connectivity index (χ0n) is 10.8. The van der Waals surface area contributed by atoms with Crippen molar-refractivity contribution in [3.05, 3.63) is 60.2 Å². The Morgan fingerprint density at radius 2 is 1.50 bits per heavy atom. The van der Waals surface area contributed by atoms with Crippen LogP contribution in [-0.4, -0.2) is 17.0 Å². The fraction of sp³-hybridized carbons (Fsp3) is 0.118. The Hall–Kier alpha value is -1.62. The van der Waals surface area contributed by atoms with Crippen molar-refractivity contribution in [3.8, 4) is 0 Å². The Morgan fingerprint density at radius 3 is 2.05 bits per heavy atom. The summed E-state index contributed by atoms with van der Waals surface area (Å²) in [4.78, 5) is 12.4. The third-order valence-electron chi connectivity index (χ3n) is 3.29. The Bertz CT molecular complexity index is 726. The van der Waals surface area contributed by atoms with Gasteiger partial charge in [-0.2, -0.15) is 0 Å². The van der Waals surface area contributed by atoms with E-state index in [0.717, 1.165) is 26.0 Å². The number of halogens is 1. The lowest BCUT2D eigenvalue weighted by Crippen LogP contribution is -2.08. The molecular weight excluding hydrogens is 363 g/mol. The van der Waals surface area contributed by atoms with Crippen LogP contribution in [0.2, 0.25) is 0 Å². The van der Waals surface area contributed by atoms with Crippen molar-refractivity contribution in [2.75, 3.05) is 11.0 Å². The predicted molar refractivity (Wildman–Crippen MR) is 90.6 cm³/mol. The summed E-state index contributed by atoms with van der Waals surface area (Å²) in [5, 5.41) is 4.02. The highest BCUT2D eigenvalue weighted by molar-refractivity contribution is 14.1. The Labute approximate surface area is 130 Å². The van der Waals surface area contributed by atoms with Gasteiger partial charge in [0.15, 0.2) is 0 Å². The van der Waals surface area contributed by atoms with Crippen LogP contribution in [0.1, 0.15) is 10.4 Å². The monoisotopic (exact) mass is 376 g/mol. The summed E-state index contributed by atoms with van der Waals surface area (Å²) in [6.45, 7) is 0.441. The summed E-state index contributed by atoms with van der Waals surface area (Å²) in [7, 11) is 0. The van der Waals surface area contributed by atoms with Gasteiger partial charge in [0.1, 0.15) is 6.61 Å². The van der Waals surface area contributed by atoms with Gasteiger partial charge in [0.05, 0.1) is 5.56 Å². The number of benzene rings is 3. The van der Waals surface area contributed by atoms with Gasteiger partial charge in [0.2, 0.25) is 0 Å². The smallest absolute Gasteiger partial charge is 0.339 e. The average Bonchev–Trinajstić information content (AvgIpc) is 2.50. The first-order valence-corrected chi connectivity index (χ1v) is 7.97. The predicted octanol–water partition coefficient (Wildman–Crippen LogP) is 4.58. The van der Waals surface area contributed by atoms with E-state index in [9.17, 15) is 4.79 Å². The van der Waals surface area contributed by atoms with Crippen molar-refractivity contribution in [1.82, 2.24) is 0 Å². The minimum Gasteiger partial charge on any atom is -0.461 e. The van der Waals surface area contributed by atoms with Crippen LogP contribution in [0.4, 0.5) is 0 Å². The Morgan fingerprint density at radius 1 is 0.950 bits per heavy atom. The number of hydrogen-bond acceptors (Lipinski definition) is 2. The molecule has 0 aliphatic rings. The maximum absolute atomic E-state index is 12.4. The van der Waals surface area contributed by atoms with Crippen molar-refractivity contribution in [2.45, 2.75) is 0 Å². The first-order valence-electron chi connectivity index (χ1n) is 6.45. The summed E-state index contributed by atoms with van der Waals surface area (Å²) in [6, 6.07) is 18.0. The number of hydrogen-bond donors (Lipinski definition) is 0. The molecule has 100 valence electrons. The largest absolute Gasteiger partial charge is 0.461 e. The van der Waals surface area contributed by atoms with Crippen LogP contribution in [0, 0.1) is 0 Å². The van der Waals surface area contributed by atoms with Crippen molar-refractivity contribution in [3.63, 3.8) is 0 Å². The summed E-state index contributed by atoms with van der Waals surface area (Å²) in [5.41, 5.74) is 0.670. The van der Waals surface area contributed by atoms with Gasteiger partial charge in [-0.05, 0) is 27.6 Å². The molecule has 0 saturated heterocycles. The normalized spacial score (nSPS) is 10.8. The quantitative estimate of drug-likeness (QED) is 0.289. The molecule has 0 aliphatic carbocycles. The van der Waals surface area contributed by atoms with Crippen LogP contribution in [0.5, 0.6) is 0 Å². The number of carbonyl (C=O) groups is 1. The van der Waals surface area contributed by atoms with Gasteiger partial charge in [-0.25, -0.2) is 4.79 Å². The molecule has 0 amide bonds. The number of alkyl halides is 1. The van der Waals surface area contributed by atoms with Gasteiger partial charge in [-0.15, -0.1) is 0 Å². The van der Waals surface area contributed by atoms with Gasteiger partial charge < -0.3 is 4.74 Å². The molecular formula is C17H13IO2. The number of carbonyl (C=O) groups excluding carboxylic acids is 1. The zero-order valence-corrected chi connectivity index (χ0v) is 13.0. The van der Waals surface area contributed by atoms with Crippen LogP contribution in [0.3, 0.4) is 0 Å². The molecule has 3 rings (SSSR count). The van der Waals surface area contributed by atoms with Gasteiger partial charge >= 0.3 is 5.97 Å². The lowest BCUT2D eigenvalue weighted by molar-refractivity contribution is 0.0537. The van der Waals surface area contributed by atoms with E-state index >= 15 is 0 Å². The molecule has 0 aromatic heterocycles. The van der Waals surface area contributed by atoms with Crippen LogP contribution in [0.25, 0.3) is 21.5 Å². The SMILES string of the molecule is O=C(OCCI)c1c2ccccc2cc2ccccc12. The molecule has 3 aromatic rings. The molecule has 3 heteroatoms. The van der Waals surface area contributed by atoms with Crippen molar-refractivity contribution < 1.29 is 9.53 Å². The first kappa shape index (κ1) is 13.4. The number of ether oxygens (including phenoxy) is 1. The van der Waals surface area contributed by atoms with E-state index in [-0.39, 0.29) is 5.97 Å². The average molecular weight is 376 g/mol. The summed E-state index contributed by atoms with van der Waals surface area (Å²) in [6.07, 6.45) is 0. The van der Waals surface area contributed by atoms with Crippen molar-refractivity contribution in [1.29, 1.82) is 0 Å². The highest BCUT2D eigenvalue weighted by Crippen LogP contribution is 2.29. The second-order valence-corrected chi connectivity index (χ2v) is 5.60. The van der Waals surface area contributed by atoms with Crippen LogP contribution < -0.4 is 0 Å². The van der Waals surface area contributed by atoms with Crippen LogP contribution in [0.15, 0.2) is 54.6 Å². The molecule has 0 aliphatic heterocycles. The molecule has 0 bridgehead atoms. The van der Waals surface area contributed by atoms with Crippen LogP contribution >= 0.6 is 22.6 Å². The van der Waals surface area contributed by atoms with E-state index in [0.29, 0.717) is 12.2 Å². The highest BCUT2D eigenvalue weighted by atomic mass is 127. The van der Waals surface area contributed by atoms with Crippen molar-refractivity contribution in [2.24, 2.45) is 0 Å². The standard InChI is InChI=1S/C17H13IO2/c18-9-10-20-17(19)16-14-7-3-1-5-12(14)11-13-6-2-4-8-15(13)16/h1-8,11H,9-10H2. The van der Waals surface area contributed by atoms with E-state index in [1.807, 2.05) is 48.5 Å². The maximum atomic E-state index is 12.4. The van der Waals surface area contributed by atoms with Crippen molar-refractivity contribution >= 4 is 50.1 Å². The second kappa shape index (κ2) is 5.79. The number of fused-ring (bicyclic) bond motifs is 2. The third-order valence-corrected chi connectivity index (χ3v) is 3.73. The number of esters is 1. The van der Waals surface area contributed by atoms with Crippen LogP contribution in [-0.2, 0) is 4.74 Å². The lowest BCUT2D eigenvalue weighted by Gasteiger charge is -2.10. The zero-order chi connectivity index (χ0) is 13.9. The first-order chi connectivity index (χ1) is 9.81. The molecule has 0 radical (unpaired) electrons. The topological polar surface area (TPSA) is 26.3 Å². The highest BCUT2D eigenvalue weighted by Gasteiger charge is 2.15. The fourth-order valence-electron chi connectivity index (χ4n) is 2.44.